The highest BCUT2D eigenvalue weighted by Crippen LogP contribution is 2.18. The van der Waals surface area contributed by atoms with E-state index in [1.165, 1.54) is 24.1 Å². The van der Waals surface area contributed by atoms with Crippen molar-refractivity contribution in [3.05, 3.63) is 58.6 Å². The van der Waals surface area contributed by atoms with Crippen LogP contribution in [0.2, 0.25) is 0 Å². The van der Waals surface area contributed by atoms with Crippen molar-refractivity contribution in [3.8, 4) is 5.75 Å². The monoisotopic (exact) mass is 370 g/mol. The van der Waals surface area contributed by atoms with Gasteiger partial charge in [0, 0.05) is 33.0 Å². The molecule has 0 unspecified atom stereocenters. The van der Waals surface area contributed by atoms with Crippen molar-refractivity contribution in [1.29, 1.82) is 0 Å². The van der Waals surface area contributed by atoms with Crippen molar-refractivity contribution in [2.75, 3.05) is 24.4 Å². The van der Waals surface area contributed by atoms with Crippen molar-refractivity contribution in [3.63, 3.8) is 0 Å². The fraction of sp³-hybridized carbons (Fsp3) is 0.235. The summed E-state index contributed by atoms with van der Waals surface area (Å²) < 4.78 is 11.1. The van der Waals surface area contributed by atoms with E-state index in [1.54, 1.807) is 31.4 Å². The molecule has 0 spiro atoms. The Hall–Kier alpha value is -3.69. The molecular weight excluding hydrogens is 352 g/mol. The topological polar surface area (TPSA) is 115 Å². The van der Waals surface area contributed by atoms with E-state index < -0.39 is 11.5 Å². The molecule has 0 saturated carbocycles. The van der Waals surface area contributed by atoms with E-state index in [4.69, 9.17) is 4.74 Å². The molecule has 140 valence electrons. The molecule has 0 saturated heterocycles. The Morgan fingerprint density at radius 3 is 2.74 bits per heavy atom. The molecule has 3 aromatic heterocycles. The number of pyridine rings is 1. The third-order valence-corrected chi connectivity index (χ3v) is 3.85. The van der Waals surface area contributed by atoms with Gasteiger partial charge in [0.1, 0.15) is 12.0 Å². The van der Waals surface area contributed by atoms with Crippen LogP contribution in [0.3, 0.4) is 0 Å². The third-order valence-electron chi connectivity index (χ3n) is 3.85. The fourth-order valence-corrected chi connectivity index (χ4v) is 2.54. The molecule has 3 rings (SSSR count). The first-order valence-corrected chi connectivity index (χ1v) is 7.97. The predicted molar refractivity (Wildman–Crippen MR) is 96.8 cm³/mol. The van der Waals surface area contributed by atoms with Crippen molar-refractivity contribution >= 4 is 17.5 Å². The van der Waals surface area contributed by atoms with Gasteiger partial charge >= 0.3 is 0 Å². The van der Waals surface area contributed by atoms with Crippen LogP contribution >= 0.6 is 0 Å². The number of hydrogen-bond donors (Lipinski definition) is 1. The Morgan fingerprint density at radius 1 is 1.37 bits per heavy atom. The molecule has 27 heavy (non-hydrogen) atoms. The number of amides is 1. The second kappa shape index (κ2) is 7.68. The summed E-state index contributed by atoms with van der Waals surface area (Å²) in [5.41, 5.74) is 0.724. The molecule has 0 aliphatic rings. The van der Waals surface area contributed by atoms with Crippen LogP contribution in [0.15, 0.2) is 46.3 Å². The number of carbonyl (C=O) groups is 1. The molecule has 1 amide bonds. The van der Waals surface area contributed by atoms with Crippen molar-refractivity contribution < 1.29 is 14.1 Å². The average Bonchev–Trinajstić information content (AvgIpc) is 3.17. The Kier molecular flexibility index (Phi) is 5.15. The molecule has 0 atom stereocenters. The van der Waals surface area contributed by atoms with Crippen LogP contribution in [0.5, 0.6) is 5.75 Å². The summed E-state index contributed by atoms with van der Waals surface area (Å²) >= 11 is 0. The van der Waals surface area contributed by atoms with Crippen molar-refractivity contribution in [2.45, 2.75) is 6.54 Å². The zero-order valence-corrected chi connectivity index (χ0v) is 15.0. The molecule has 10 heteroatoms. The summed E-state index contributed by atoms with van der Waals surface area (Å²) in [6, 6.07) is 3.72. The van der Waals surface area contributed by atoms with Gasteiger partial charge < -0.3 is 19.5 Å². The highest BCUT2D eigenvalue weighted by Gasteiger charge is 2.23. The normalized spacial score (nSPS) is 10.5. The Labute approximate surface area is 154 Å². The maximum absolute atomic E-state index is 12.7. The van der Waals surface area contributed by atoms with E-state index in [9.17, 15) is 9.59 Å². The SMILES string of the molecule is COc1c(C(=O)Nc2cnoc2)nc(N(C)Cc2ccncc2)n(C)c1=O. The molecule has 0 fully saturated rings. The number of methoxy groups -OCH3 is 1. The molecule has 10 nitrogen and oxygen atoms in total. The summed E-state index contributed by atoms with van der Waals surface area (Å²) in [7, 11) is 4.66. The summed E-state index contributed by atoms with van der Waals surface area (Å²) in [5, 5.41) is 6.08. The van der Waals surface area contributed by atoms with Gasteiger partial charge in [0.05, 0.1) is 13.3 Å². The van der Waals surface area contributed by atoms with Crippen molar-refractivity contribution in [1.82, 2.24) is 19.7 Å². The van der Waals surface area contributed by atoms with Crippen LogP contribution in [0.4, 0.5) is 11.6 Å². The van der Waals surface area contributed by atoms with E-state index in [-0.39, 0.29) is 11.4 Å². The number of nitrogens with one attached hydrogen (secondary N) is 1. The summed E-state index contributed by atoms with van der Waals surface area (Å²) in [5.74, 6) is -0.438. The zero-order chi connectivity index (χ0) is 19.4. The number of rotatable bonds is 6. The van der Waals surface area contributed by atoms with Gasteiger partial charge in [-0.15, -0.1) is 0 Å². The molecule has 0 aliphatic carbocycles. The van der Waals surface area contributed by atoms with E-state index in [0.29, 0.717) is 18.2 Å². The Balaban J connectivity index is 1.98. The molecule has 0 radical (unpaired) electrons. The summed E-state index contributed by atoms with van der Waals surface area (Å²) in [6.45, 7) is 0.474. The minimum Gasteiger partial charge on any atom is -0.489 e. The van der Waals surface area contributed by atoms with Crippen LogP contribution in [0.1, 0.15) is 16.1 Å². The predicted octanol–water partition coefficient (Wildman–Crippen LogP) is 1.06. The first kappa shape index (κ1) is 18.1. The van der Waals surface area contributed by atoms with Crippen molar-refractivity contribution in [2.24, 2.45) is 7.05 Å². The summed E-state index contributed by atoms with van der Waals surface area (Å²) in [6.07, 6.45) is 5.97. The van der Waals surface area contributed by atoms with Crippen LogP contribution in [-0.4, -0.2) is 39.8 Å². The minimum atomic E-state index is -0.605. The van der Waals surface area contributed by atoms with Crippen LogP contribution < -0.4 is 20.5 Å². The van der Waals surface area contributed by atoms with Gasteiger partial charge in [0.2, 0.25) is 11.7 Å². The van der Waals surface area contributed by atoms with E-state index in [2.05, 4.69) is 25.0 Å². The molecule has 0 aromatic carbocycles. The second-order valence-electron chi connectivity index (χ2n) is 5.74. The fourth-order valence-electron chi connectivity index (χ4n) is 2.54. The van der Waals surface area contributed by atoms with Gasteiger partial charge in [-0.1, -0.05) is 5.16 Å². The van der Waals surface area contributed by atoms with Gasteiger partial charge in [-0.3, -0.25) is 19.1 Å². The van der Waals surface area contributed by atoms with Gasteiger partial charge in [-0.2, -0.15) is 0 Å². The Bertz CT molecular complexity index is 985. The molecule has 0 aliphatic heterocycles. The molecular formula is C17H18N6O4. The molecule has 3 heterocycles. The first-order chi connectivity index (χ1) is 13.0. The lowest BCUT2D eigenvalue weighted by atomic mass is 10.2. The molecule has 3 aromatic rings. The second-order valence-corrected chi connectivity index (χ2v) is 5.74. The number of carbonyl (C=O) groups excluding carboxylic acids is 1. The van der Waals surface area contributed by atoms with Crippen LogP contribution in [0.25, 0.3) is 0 Å². The standard InChI is InChI=1S/C17H18N6O4/c1-22(9-11-4-6-18-7-5-11)17-21-13(14(26-3)16(25)23(17)2)15(24)20-12-8-19-27-10-12/h4-8,10H,9H2,1-3H3,(H,20,24). The van der Waals surface area contributed by atoms with E-state index in [1.807, 2.05) is 12.1 Å². The maximum atomic E-state index is 12.7. The lowest BCUT2D eigenvalue weighted by Gasteiger charge is -2.22. The number of hydrogen-bond acceptors (Lipinski definition) is 8. The quantitative estimate of drug-likeness (QED) is 0.685. The highest BCUT2D eigenvalue weighted by atomic mass is 16.5. The molecule has 1 N–H and O–H groups in total. The van der Waals surface area contributed by atoms with Crippen LogP contribution in [0, 0.1) is 0 Å². The van der Waals surface area contributed by atoms with Gasteiger partial charge in [0.15, 0.2) is 5.69 Å². The lowest BCUT2D eigenvalue weighted by molar-refractivity contribution is 0.101. The van der Waals surface area contributed by atoms with Gasteiger partial charge in [0.25, 0.3) is 11.5 Å². The van der Waals surface area contributed by atoms with E-state index in [0.717, 1.165) is 5.56 Å². The third kappa shape index (κ3) is 3.78. The number of nitrogens with zero attached hydrogens (tertiary/aromatic N) is 5. The number of aromatic nitrogens is 4. The molecule has 0 bridgehead atoms. The van der Waals surface area contributed by atoms with Gasteiger partial charge in [-0.25, -0.2) is 4.98 Å². The van der Waals surface area contributed by atoms with Crippen LogP contribution in [-0.2, 0) is 13.6 Å². The number of ether oxygens (including phenoxy) is 1. The largest absolute Gasteiger partial charge is 0.489 e. The maximum Gasteiger partial charge on any atom is 0.297 e. The smallest absolute Gasteiger partial charge is 0.297 e. The highest BCUT2D eigenvalue weighted by molar-refractivity contribution is 6.04. The van der Waals surface area contributed by atoms with E-state index >= 15 is 0 Å². The average molecular weight is 370 g/mol. The van der Waals surface area contributed by atoms with Gasteiger partial charge in [-0.05, 0) is 17.7 Å². The Morgan fingerprint density at radius 2 is 2.11 bits per heavy atom. The minimum absolute atomic E-state index is 0.127. The lowest BCUT2D eigenvalue weighted by Crippen LogP contribution is -2.32. The zero-order valence-electron chi connectivity index (χ0n) is 15.0. The number of anilines is 2. The summed E-state index contributed by atoms with van der Waals surface area (Å²) in [4.78, 5) is 35.3. The first-order valence-electron chi connectivity index (χ1n) is 7.97.